The molecule has 0 aliphatic rings. The lowest BCUT2D eigenvalue weighted by Crippen LogP contribution is -2.43. The molecule has 1 atom stereocenters. The van der Waals surface area contributed by atoms with Crippen molar-refractivity contribution in [2.75, 3.05) is 6.54 Å². The van der Waals surface area contributed by atoms with Crippen molar-refractivity contribution in [1.29, 1.82) is 0 Å². The zero-order valence-electron chi connectivity index (χ0n) is 18.3. The molecule has 0 saturated heterocycles. The van der Waals surface area contributed by atoms with Crippen LogP contribution in [0.2, 0.25) is 0 Å². The number of aliphatic carboxylic acids is 2. The van der Waals surface area contributed by atoms with Crippen molar-refractivity contribution in [3.8, 4) is 0 Å². The van der Waals surface area contributed by atoms with Crippen LogP contribution in [0, 0.1) is 0 Å². The van der Waals surface area contributed by atoms with Gasteiger partial charge in [-0.1, -0.05) is 12.1 Å². The minimum atomic E-state index is -5.08. The molecule has 2 rings (SSSR count). The molecular formula is C21H21F6N3O6. The fourth-order valence-electron chi connectivity index (χ4n) is 2.65. The van der Waals surface area contributed by atoms with E-state index in [1.165, 1.54) is 30.5 Å². The van der Waals surface area contributed by atoms with Crippen molar-refractivity contribution in [3.05, 3.63) is 69.6 Å². The van der Waals surface area contributed by atoms with Gasteiger partial charge in [0.15, 0.2) is 0 Å². The lowest BCUT2D eigenvalue weighted by atomic mass is 10.1. The average molecular weight is 525 g/mol. The highest BCUT2D eigenvalue weighted by Gasteiger charge is 2.38. The van der Waals surface area contributed by atoms with Crippen molar-refractivity contribution in [2.24, 2.45) is 5.73 Å². The number of hydrogen-bond acceptors (Lipinski definition) is 5. The van der Waals surface area contributed by atoms with E-state index in [0.717, 1.165) is 16.7 Å². The van der Waals surface area contributed by atoms with Crippen molar-refractivity contribution in [3.63, 3.8) is 0 Å². The number of nitrogens with two attached hydrogens (primary N) is 1. The number of carbonyl (C=O) groups excluding carboxylic acids is 1. The summed E-state index contributed by atoms with van der Waals surface area (Å²) < 4.78 is 70.8. The SMILES string of the molecule is NCCC[C@H](NC(=O)c1cccn(Cc2ccc(C(F)(F)F)cc2)c1=O)C(=O)O.O=C(O)C(F)(F)F. The Morgan fingerprint density at radius 2 is 1.56 bits per heavy atom. The average Bonchev–Trinajstić information content (AvgIpc) is 2.77. The van der Waals surface area contributed by atoms with Crippen LogP contribution in [0.5, 0.6) is 0 Å². The number of hydrogen-bond donors (Lipinski definition) is 4. The highest BCUT2D eigenvalue weighted by atomic mass is 19.4. The van der Waals surface area contributed by atoms with Crippen LogP contribution in [0.15, 0.2) is 47.4 Å². The molecule has 198 valence electrons. The Bertz CT molecular complexity index is 1110. The number of carboxylic acid groups (broad SMARTS) is 2. The van der Waals surface area contributed by atoms with E-state index in [9.17, 15) is 45.8 Å². The maximum absolute atomic E-state index is 12.6. The predicted octanol–water partition coefficient (Wildman–Crippen LogP) is 2.47. The normalized spacial score (nSPS) is 12.2. The van der Waals surface area contributed by atoms with Crippen LogP contribution in [0.4, 0.5) is 26.3 Å². The van der Waals surface area contributed by atoms with Gasteiger partial charge in [0.25, 0.3) is 11.5 Å². The van der Waals surface area contributed by atoms with Gasteiger partial charge in [0.1, 0.15) is 11.6 Å². The summed E-state index contributed by atoms with van der Waals surface area (Å²) in [6.45, 7) is 0.207. The molecule has 0 aliphatic heterocycles. The number of alkyl halides is 6. The van der Waals surface area contributed by atoms with Gasteiger partial charge in [-0.2, -0.15) is 26.3 Å². The molecule has 0 spiro atoms. The molecule has 0 unspecified atom stereocenters. The van der Waals surface area contributed by atoms with E-state index in [1.54, 1.807) is 0 Å². The molecule has 0 fully saturated rings. The first-order chi connectivity index (χ1) is 16.6. The van der Waals surface area contributed by atoms with Gasteiger partial charge in [0, 0.05) is 6.20 Å². The monoisotopic (exact) mass is 525 g/mol. The van der Waals surface area contributed by atoms with Crippen LogP contribution in [-0.4, -0.2) is 51.4 Å². The molecule has 2 aromatic rings. The fourth-order valence-corrected chi connectivity index (χ4v) is 2.65. The molecule has 9 nitrogen and oxygen atoms in total. The van der Waals surface area contributed by atoms with E-state index in [2.05, 4.69) is 5.32 Å². The lowest BCUT2D eigenvalue weighted by Gasteiger charge is -2.14. The number of rotatable bonds is 8. The Hall–Kier alpha value is -3.88. The largest absolute Gasteiger partial charge is 0.490 e. The summed E-state index contributed by atoms with van der Waals surface area (Å²) in [6.07, 6.45) is -7.66. The molecule has 0 saturated carbocycles. The highest BCUT2D eigenvalue weighted by molar-refractivity contribution is 5.96. The number of aromatic nitrogens is 1. The molecule has 5 N–H and O–H groups in total. The first kappa shape index (κ1) is 30.2. The zero-order valence-corrected chi connectivity index (χ0v) is 18.3. The first-order valence-electron chi connectivity index (χ1n) is 9.97. The Morgan fingerprint density at radius 1 is 1.00 bits per heavy atom. The molecule has 36 heavy (non-hydrogen) atoms. The van der Waals surface area contributed by atoms with Gasteiger partial charge in [-0.15, -0.1) is 0 Å². The summed E-state index contributed by atoms with van der Waals surface area (Å²) in [6, 6.07) is 5.80. The van der Waals surface area contributed by atoms with Crippen LogP contribution >= 0.6 is 0 Å². The maximum atomic E-state index is 12.6. The number of carboxylic acids is 2. The second kappa shape index (κ2) is 12.7. The Labute approximate surface area is 199 Å². The zero-order chi connectivity index (χ0) is 27.7. The molecule has 15 heteroatoms. The van der Waals surface area contributed by atoms with E-state index in [1.807, 2.05) is 0 Å². The summed E-state index contributed by atoms with van der Waals surface area (Å²) in [4.78, 5) is 45.1. The topological polar surface area (TPSA) is 152 Å². The van der Waals surface area contributed by atoms with Crippen LogP contribution in [0.3, 0.4) is 0 Å². The third kappa shape index (κ3) is 9.40. The smallest absolute Gasteiger partial charge is 0.480 e. The molecule has 1 amide bonds. The van der Waals surface area contributed by atoms with E-state index in [4.69, 9.17) is 15.6 Å². The minimum absolute atomic E-state index is 0.0480. The van der Waals surface area contributed by atoms with Crippen LogP contribution in [0.1, 0.15) is 34.3 Å². The number of pyridine rings is 1. The summed E-state index contributed by atoms with van der Waals surface area (Å²) in [5.41, 5.74) is 4.02. The van der Waals surface area contributed by atoms with Gasteiger partial charge < -0.3 is 25.8 Å². The second-order valence-corrected chi connectivity index (χ2v) is 7.15. The third-order valence-corrected chi connectivity index (χ3v) is 4.44. The summed E-state index contributed by atoms with van der Waals surface area (Å²) >= 11 is 0. The maximum Gasteiger partial charge on any atom is 0.490 e. The van der Waals surface area contributed by atoms with Crippen molar-refractivity contribution in [2.45, 2.75) is 37.8 Å². The van der Waals surface area contributed by atoms with Crippen LogP contribution < -0.4 is 16.6 Å². The molecule has 0 radical (unpaired) electrons. The molecule has 1 aromatic heterocycles. The van der Waals surface area contributed by atoms with Gasteiger partial charge in [0.05, 0.1) is 12.1 Å². The van der Waals surface area contributed by atoms with E-state index < -0.39 is 47.4 Å². The number of benzene rings is 1. The van der Waals surface area contributed by atoms with E-state index in [0.29, 0.717) is 12.0 Å². The number of amides is 1. The van der Waals surface area contributed by atoms with Crippen molar-refractivity contribution < 1.29 is 50.9 Å². The van der Waals surface area contributed by atoms with Crippen LogP contribution in [0.25, 0.3) is 0 Å². The predicted molar refractivity (Wildman–Crippen MR) is 112 cm³/mol. The summed E-state index contributed by atoms with van der Waals surface area (Å²) in [5, 5.41) is 18.6. The standard InChI is InChI=1S/C19H20F3N3O4.C2HF3O2/c20-19(21,22)13-7-5-12(6-8-13)11-25-10-2-3-14(17(25)27)16(26)24-15(18(28)29)4-1-9-23;3-2(4,5)1(6)7/h2-3,5-8,10,15H,1,4,9,11,23H2,(H,24,26)(H,28,29);(H,6,7)/t15-;/m0./s1. The van der Waals surface area contributed by atoms with Gasteiger partial charge in [-0.05, 0) is 49.2 Å². The number of nitrogens with one attached hydrogen (secondary N) is 1. The highest BCUT2D eigenvalue weighted by Crippen LogP contribution is 2.29. The van der Waals surface area contributed by atoms with Crippen molar-refractivity contribution >= 4 is 17.8 Å². The number of nitrogens with zero attached hydrogens (tertiary/aromatic N) is 1. The molecule has 0 aliphatic carbocycles. The summed E-state index contributed by atoms with van der Waals surface area (Å²) in [5.74, 6) is -4.85. The minimum Gasteiger partial charge on any atom is -0.480 e. The Balaban J connectivity index is 0.000000809. The van der Waals surface area contributed by atoms with E-state index in [-0.39, 0.29) is 25.1 Å². The quantitative estimate of drug-likeness (QED) is 0.387. The molecule has 1 heterocycles. The van der Waals surface area contributed by atoms with Gasteiger partial charge in [0.2, 0.25) is 0 Å². The van der Waals surface area contributed by atoms with Gasteiger partial charge >= 0.3 is 24.3 Å². The number of carbonyl (C=O) groups is 3. The Morgan fingerprint density at radius 3 is 2.00 bits per heavy atom. The second-order valence-electron chi connectivity index (χ2n) is 7.15. The van der Waals surface area contributed by atoms with Crippen LogP contribution in [-0.2, 0) is 22.3 Å². The number of halogens is 6. The fraction of sp³-hybridized carbons (Fsp3) is 0.333. The Kier molecular flexibility index (Phi) is 10.6. The third-order valence-electron chi connectivity index (χ3n) is 4.44. The van der Waals surface area contributed by atoms with Gasteiger partial charge in [-0.3, -0.25) is 9.59 Å². The first-order valence-corrected chi connectivity index (χ1v) is 9.97. The van der Waals surface area contributed by atoms with Crippen molar-refractivity contribution in [1.82, 2.24) is 9.88 Å². The van der Waals surface area contributed by atoms with Gasteiger partial charge in [-0.25, -0.2) is 9.59 Å². The summed E-state index contributed by atoms with van der Waals surface area (Å²) in [7, 11) is 0. The van der Waals surface area contributed by atoms with E-state index >= 15 is 0 Å². The molecular weight excluding hydrogens is 504 g/mol. The molecule has 1 aromatic carbocycles. The molecule has 0 bridgehead atoms. The lowest BCUT2D eigenvalue weighted by molar-refractivity contribution is -0.192.